The predicted octanol–water partition coefficient (Wildman–Crippen LogP) is 5.28. The Bertz CT molecular complexity index is 1260. The molecule has 1 aromatic heterocycles. The van der Waals surface area contributed by atoms with Crippen LogP contribution < -0.4 is 9.64 Å². The van der Waals surface area contributed by atoms with Crippen LogP contribution in [-0.2, 0) is 11.3 Å². The number of ether oxygens (including phenoxy) is 1. The zero-order chi connectivity index (χ0) is 21.9. The van der Waals surface area contributed by atoms with E-state index in [4.69, 9.17) is 9.72 Å². The summed E-state index contributed by atoms with van der Waals surface area (Å²) in [6.45, 7) is 1.33. The van der Waals surface area contributed by atoms with Gasteiger partial charge in [0.2, 0.25) is 5.91 Å². The second kappa shape index (κ2) is 8.71. The molecule has 0 unspecified atom stereocenters. The van der Waals surface area contributed by atoms with Crippen LogP contribution >= 0.6 is 0 Å². The Balaban J connectivity index is 1.44. The molecule has 1 aliphatic rings. The normalized spacial score (nSPS) is 16.3. The van der Waals surface area contributed by atoms with Gasteiger partial charge in [-0.05, 0) is 42.0 Å². The van der Waals surface area contributed by atoms with Crippen molar-refractivity contribution in [3.63, 3.8) is 0 Å². The van der Waals surface area contributed by atoms with Crippen molar-refractivity contribution in [3.8, 4) is 5.75 Å². The quantitative estimate of drug-likeness (QED) is 0.424. The summed E-state index contributed by atoms with van der Waals surface area (Å²) < 4.78 is 7.49. The molecule has 1 saturated heterocycles. The number of rotatable bonds is 6. The molecule has 1 atom stereocenters. The van der Waals surface area contributed by atoms with Gasteiger partial charge < -0.3 is 14.2 Å². The molecule has 1 aliphatic heterocycles. The highest BCUT2D eigenvalue weighted by Gasteiger charge is 2.34. The lowest BCUT2D eigenvalue weighted by Gasteiger charge is -2.17. The second-order valence-corrected chi connectivity index (χ2v) is 7.99. The topological polar surface area (TPSA) is 47.4 Å². The van der Waals surface area contributed by atoms with Gasteiger partial charge >= 0.3 is 0 Å². The van der Waals surface area contributed by atoms with Crippen LogP contribution in [0.5, 0.6) is 5.75 Å². The Morgan fingerprint density at radius 2 is 1.75 bits per heavy atom. The molecular formula is C27H25N3O2. The smallest absolute Gasteiger partial charge is 0.227 e. The number of imidazole rings is 1. The molecule has 0 N–H and O–H groups in total. The average molecular weight is 424 g/mol. The van der Waals surface area contributed by atoms with Gasteiger partial charge in [0, 0.05) is 31.1 Å². The standard InChI is InChI=1S/C27H25N3O2/c1-32-23-15-13-22(14-16-23)30-19-21(18-26(30)31)27-28-24-11-5-6-12-25(24)29(27)17-7-10-20-8-3-2-4-9-20/h2-16,21H,17-19H2,1H3/b10-7+/t21-/m1/s1. The Morgan fingerprint density at radius 1 is 1.00 bits per heavy atom. The molecule has 0 bridgehead atoms. The van der Waals surface area contributed by atoms with Gasteiger partial charge in [-0.2, -0.15) is 0 Å². The lowest BCUT2D eigenvalue weighted by Crippen LogP contribution is -2.24. The van der Waals surface area contributed by atoms with Crippen LogP contribution in [0, 0.1) is 0 Å². The summed E-state index contributed by atoms with van der Waals surface area (Å²) in [6.07, 6.45) is 4.74. The first-order chi connectivity index (χ1) is 15.7. The number of aromatic nitrogens is 2. The zero-order valence-electron chi connectivity index (χ0n) is 18.0. The van der Waals surface area contributed by atoms with E-state index in [1.54, 1.807) is 7.11 Å². The highest BCUT2D eigenvalue weighted by Crippen LogP contribution is 2.33. The number of methoxy groups -OCH3 is 1. The number of hydrogen-bond acceptors (Lipinski definition) is 3. The maximum absolute atomic E-state index is 12.9. The third-order valence-electron chi connectivity index (χ3n) is 5.96. The zero-order valence-corrected chi connectivity index (χ0v) is 18.0. The molecule has 5 heteroatoms. The number of para-hydroxylation sites is 2. The van der Waals surface area contributed by atoms with Crippen molar-refractivity contribution in [2.45, 2.75) is 18.9 Å². The van der Waals surface area contributed by atoms with Crippen molar-refractivity contribution in [2.75, 3.05) is 18.6 Å². The maximum atomic E-state index is 12.9. The fraction of sp³-hybridized carbons (Fsp3) is 0.185. The summed E-state index contributed by atoms with van der Waals surface area (Å²) in [5.74, 6) is 1.91. The molecule has 3 aromatic carbocycles. The average Bonchev–Trinajstić information content (AvgIpc) is 3.40. The number of amides is 1. The summed E-state index contributed by atoms with van der Waals surface area (Å²) in [7, 11) is 1.64. The molecule has 0 spiro atoms. The summed E-state index contributed by atoms with van der Waals surface area (Å²) in [4.78, 5) is 19.7. The van der Waals surface area contributed by atoms with E-state index in [9.17, 15) is 4.79 Å². The van der Waals surface area contributed by atoms with Crippen LogP contribution in [-0.4, -0.2) is 29.1 Å². The van der Waals surface area contributed by atoms with Gasteiger partial charge in [0.25, 0.3) is 0 Å². The van der Waals surface area contributed by atoms with E-state index in [1.165, 1.54) is 5.56 Å². The number of allylic oxidation sites excluding steroid dienone is 1. The van der Waals surface area contributed by atoms with Gasteiger partial charge in [0.05, 0.1) is 18.1 Å². The van der Waals surface area contributed by atoms with E-state index < -0.39 is 0 Å². The number of fused-ring (bicyclic) bond motifs is 1. The molecule has 2 heterocycles. The van der Waals surface area contributed by atoms with Crippen LogP contribution in [0.15, 0.2) is 84.9 Å². The summed E-state index contributed by atoms with van der Waals surface area (Å²) in [5, 5.41) is 0. The van der Waals surface area contributed by atoms with E-state index in [0.29, 0.717) is 19.5 Å². The molecule has 1 amide bonds. The van der Waals surface area contributed by atoms with Crippen LogP contribution in [0.4, 0.5) is 5.69 Å². The van der Waals surface area contributed by atoms with Gasteiger partial charge in [0.1, 0.15) is 11.6 Å². The van der Waals surface area contributed by atoms with Crippen LogP contribution in [0.25, 0.3) is 17.1 Å². The first-order valence-electron chi connectivity index (χ1n) is 10.8. The first-order valence-corrected chi connectivity index (χ1v) is 10.8. The minimum absolute atomic E-state index is 0.0436. The molecule has 32 heavy (non-hydrogen) atoms. The van der Waals surface area contributed by atoms with Gasteiger partial charge in [0.15, 0.2) is 0 Å². The maximum Gasteiger partial charge on any atom is 0.227 e. The van der Waals surface area contributed by atoms with E-state index >= 15 is 0 Å². The molecule has 5 nitrogen and oxygen atoms in total. The molecule has 0 radical (unpaired) electrons. The summed E-state index contributed by atoms with van der Waals surface area (Å²) in [6, 6.07) is 26.1. The molecule has 0 aliphatic carbocycles. The highest BCUT2D eigenvalue weighted by atomic mass is 16.5. The Morgan fingerprint density at radius 3 is 2.53 bits per heavy atom. The predicted molar refractivity (Wildman–Crippen MR) is 128 cm³/mol. The number of carbonyl (C=O) groups is 1. The van der Waals surface area contributed by atoms with Crippen molar-refractivity contribution < 1.29 is 9.53 Å². The molecule has 5 rings (SSSR count). The molecule has 4 aromatic rings. The molecule has 0 saturated carbocycles. The number of anilines is 1. The van der Waals surface area contributed by atoms with Gasteiger partial charge in [-0.3, -0.25) is 4.79 Å². The minimum atomic E-state index is 0.0436. The fourth-order valence-corrected chi connectivity index (χ4v) is 4.35. The van der Waals surface area contributed by atoms with Crippen molar-refractivity contribution in [2.24, 2.45) is 0 Å². The number of carbonyl (C=O) groups excluding carboxylic acids is 1. The van der Waals surface area contributed by atoms with Crippen LogP contribution in [0.1, 0.15) is 23.7 Å². The van der Waals surface area contributed by atoms with E-state index in [2.05, 4.69) is 34.9 Å². The van der Waals surface area contributed by atoms with Crippen molar-refractivity contribution in [1.29, 1.82) is 0 Å². The van der Waals surface area contributed by atoms with E-state index in [0.717, 1.165) is 28.3 Å². The summed E-state index contributed by atoms with van der Waals surface area (Å²) in [5.41, 5.74) is 4.12. The van der Waals surface area contributed by atoms with Gasteiger partial charge in [-0.25, -0.2) is 4.98 Å². The fourth-order valence-electron chi connectivity index (χ4n) is 4.35. The monoisotopic (exact) mass is 423 g/mol. The highest BCUT2D eigenvalue weighted by molar-refractivity contribution is 5.96. The molecular weight excluding hydrogens is 398 g/mol. The molecule has 1 fully saturated rings. The Kier molecular flexibility index (Phi) is 5.46. The van der Waals surface area contributed by atoms with E-state index in [1.807, 2.05) is 65.6 Å². The first kappa shape index (κ1) is 20.1. The molecule has 160 valence electrons. The Labute approximate surface area is 187 Å². The van der Waals surface area contributed by atoms with Crippen LogP contribution in [0.2, 0.25) is 0 Å². The van der Waals surface area contributed by atoms with Crippen LogP contribution in [0.3, 0.4) is 0 Å². The van der Waals surface area contributed by atoms with Crippen molar-refractivity contribution in [3.05, 3.63) is 96.3 Å². The van der Waals surface area contributed by atoms with Crippen molar-refractivity contribution in [1.82, 2.24) is 9.55 Å². The summed E-state index contributed by atoms with van der Waals surface area (Å²) >= 11 is 0. The lowest BCUT2D eigenvalue weighted by atomic mass is 10.1. The number of benzene rings is 3. The van der Waals surface area contributed by atoms with Gasteiger partial charge in [-0.15, -0.1) is 0 Å². The Hall–Kier alpha value is -3.86. The van der Waals surface area contributed by atoms with E-state index in [-0.39, 0.29) is 11.8 Å². The third-order valence-corrected chi connectivity index (χ3v) is 5.96. The second-order valence-electron chi connectivity index (χ2n) is 7.99. The minimum Gasteiger partial charge on any atom is -0.497 e. The van der Waals surface area contributed by atoms with Crippen molar-refractivity contribution >= 4 is 28.7 Å². The number of nitrogens with zero attached hydrogens (tertiary/aromatic N) is 3. The SMILES string of the molecule is COc1ccc(N2C[C@H](c3nc4ccccc4n3C/C=C/c3ccccc3)CC2=O)cc1. The lowest BCUT2D eigenvalue weighted by molar-refractivity contribution is -0.117. The number of hydrogen-bond donors (Lipinski definition) is 0. The largest absolute Gasteiger partial charge is 0.497 e. The van der Waals surface area contributed by atoms with Gasteiger partial charge in [-0.1, -0.05) is 54.6 Å². The third kappa shape index (κ3) is 3.89.